The number of anilines is 1. The maximum absolute atomic E-state index is 11.9. The molecule has 0 bridgehead atoms. The van der Waals surface area contributed by atoms with Gasteiger partial charge in [0.1, 0.15) is 6.04 Å². The number of hydrogen-bond acceptors (Lipinski definition) is 3. The lowest BCUT2D eigenvalue weighted by Crippen LogP contribution is -2.42. The van der Waals surface area contributed by atoms with E-state index in [1.165, 1.54) is 18.5 Å². The van der Waals surface area contributed by atoms with E-state index < -0.39 is 6.04 Å². The van der Waals surface area contributed by atoms with Gasteiger partial charge >= 0.3 is 6.03 Å². The van der Waals surface area contributed by atoms with E-state index in [1.54, 1.807) is 0 Å². The van der Waals surface area contributed by atoms with Crippen LogP contribution in [0.25, 0.3) is 0 Å². The third kappa shape index (κ3) is 3.26. The first-order valence-corrected chi connectivity index (χ1v) is 7.38. The lowest BCUT2D eigenvalue weighted by atomic mass is 10.2. The fourth-order valence-electron chi connectivity index (χ4n) is 2.73. The summed E-state index contributed by atoms with van der Waals surface area (Å²) in [7, 11) is 0. The van der Waals surface area contributed by atoms with Crippen LogP contribution in [0.3, 0.4) is 0 Å². The van der Waals surface area contributed by atoms with E-state index in [1.807, 2.05) is 12.1 Å². The molecular weight excluding hydrogens is 268 g/mol. The predicted molar refractivity (Wildman–Crippen MR) is 80.1 cm³/mol. The van der Waals surface area contributed by atoms with E-state index in [0.29, 0.717) is 13.1 Å². The molecule has 1 aromatic rings. The van der Waals surface area contributed by atoms with Gasteiger partial charge in [-0.2, -0.15) is 0 Å². The fourth-order valence-corrected chi connectivity index (χ4v) is 2.73. The Labute approximate surface area is 123 Å². The fraction of sp³-hybridized carbons (Fsp3) is 0.467. The third-order valence-electron chi connectivity index (χ3n) is 3.96. The van der Waals surface area contributed by atoms with Gasteiger partial charge in [0.15, 0.2) is 0 Å². The third-order valence-corrected chi connectivity index (χ3v) is 3.96. The average Bonchev–Trinajstić information content (AvgIpc) is 3.16. The number of urea groups is 1. The number of nitrogens with one attached hydrogen (secondary N) is 3. The second kappa shape index (κ2) is 6.03. The van der Waals surface area contributed by atoms with E-state index in [9.17, 15) is 9.59 Å². The summed E-state index contributed by atoms with van der Waals surface area (Å²) in [5, 5.41) is 7.98. The first-order chi connectivity index (χ1) is 10.2. The monoisotopic (exact) mass is 288 g/mol. The molecule has 0 saturated carbocycles. The van der Waals surface area contributed by atoms with Crippen molar-refractivity contribution >= 4 is 17.6 Å². The van der Waals surface area contributed by atoms with Crippen LogP contribution >= 0.6 is 0 Å². The molecule has 0 aliphatic carbocycles. The molecule has 1 aromatic carbocycles. The molecule has 112 valence electrons. The molecule has 3 amide bonds. The van der Waals surface area contributed by atoms with Gasteiger partial charge in [0.05, 0.1) is 0 Å². The number of carbonyl (C=O) groups excluding carboxylic acids is 2. The van der Waals surface area contributed by atoms with Crippen LogP contribution in [0.4, 0.5) is 10.5 Å². The van der Waals surface area contributed by atoms with Crippen molar-refractivity contribution in [1.82, 2.24) is 16.0 Å². The summed E-state index contributed by atoms with van der Waals surface area (Å²) in [6.45, 7) is 3.08. The van der Waals surface area contributed by atoms with Gasteiger partial charge in [-0.25, -0.2) is 4.79 Å². The Morgan fingerprint density at radius 2 is 1.95 bits per heavy atom. The Morgan fingerprint density at radius 3 is 2.57 bits per heavy atom. The standard InChI is InChI=1S/C15H20N4O2/c20-14(13-10-17-15(21)18-13)16-9-11-3-5-12(6-4-11)19-7-1-2-8-19/h3-6,13H,1-2,7-10H2,(H,16,20)(H2,17,18,21)/t13-/m1/s1. The zero-order valence-corrected chi connectivity index (χ0v) is 11.9. The van der Waals surface area contributed by atoms with E-state index in [0.717, 1.165) is 18.7 Å². The molecule has 3 rings (SSSR count). The Kier molecular flexibility index (Phi) is 3.94. The van der Waals surface area contributed by atoms with Crippen molar-refractivity contribution in [2.24, 2.45) is 0 Å². The molecule has 2 aliphatic rings. The van der Waals surface area contributed by atoms with Gasteiger partial charge in [-0.3, -0.25) is 4.79 Å². The summed E-state index contributed by atoms with van der Waals surface area (Å²) >= 11 is 0. The zero-order valence-electron chi connectivity index (χ0n) is 11.9. The normalized spacial score (nSPS) is 21.0. The first kappa shape index (κ1) is 13.7. The van der Waals surface area contributed by atoms with Crippen molar-refractivity contribution in [3.05, 3.63) is 29.8 Å². The maximum atomic E-state index is 11.9. The molecule has 2 heterocycles. The van der Waals surface area contributed by atoms with Gasteiger partial charge in [-0.1, -0.05) is 12.1 Å². The lowest BCUT2D eigenvalue weighted by Gasteiger charge is -2.18. The van der Waals surface area contributed by atoms with Gasteiger partial charge in [-0.15, -0.1) is 0 Å². The summed E-state index contributed by atoms with van der Waals surface area (Å²) in [6, 6.07) is 7.53. The molecule has 0 radical (unpaired) electrons. The molecule has 0 spiro atoms. The molecule has 0 aromatic heterocycles. The van der Waals surface area contributed by atoms with Gasteiger partial charge in [0, 0.05) is 31.9 Å². The van der Waals surface area contributed by atoms with Crippen LogP contribution in [0, 0.1) is 0 Å². The van der Waals surface area contributed by atoms with E-state index >= 15 is 0 Å². The van der Waals surface area contributed by atoms with Crippen LogP contribution in [0.1, 0.15) is 18.4 Å². The van der Waals surface area contributed by atoms with Crippen molar-refractivity contribution in [2.75, 3.05) is 24.5 Å². The zero-order chi connectivity index (χ0) is 14.7. The Morgan fingerprint density at radius 1 is 1.24 bits per heavy atom. The summed E-state index contributed by atoms with van der Waals surface area (Å²) in [5.41, 5.74) is 2.30. The smallest absolute Gasteiger partial charge is 0.315 e. The quantitative estimate of drug-likeness (QED) is 0.759. The molecule has 3 N–H and O–H groups in total. The van der Waals surface area contributed by atoms with Crippen LogP contribution < -0.4 is 20.9 Å². The number of nitrogens with zero attached hydrogens (tertiary/aromatic N) is 1. The topological polar surface area (TPSA) is 73.5 Å². The van der Waals surface area contributed by atoms with Gasteiger partial charge < -0.3 is 20.9 Å². The number of amides is 3. The van der Waals surface area contributed by atoms with Crippen molar-refractivity contribution in [3.8, 4) is 0 Å². The summed E-state index contributed by atoms with van der Waals surface area (Å²) in [4.78, 5) is 25.2. The molecule has 1 atom stereocenters. The van der Waals surface area contributed by atoms with Crippen LogP contribution in [-0.2, 0) is 11.3 Å². The van der Waals surface area contributed by atoms with Crippen molar-refractivity contribution in [2.45, 2.75) is 25.4 Å². The van der Waals surface area contributed by atoms with E-state index in [4.69, 9.17) is 0 Å². The van der Waals surface area contributed by atoms with E-state index in [2.05, 4.69) is 33.0 Å². The molecule has 2 aliphatic heterocycles. The highest BCUT2D eigenvalue weighted by Gasteiger charge is 2.26. The van der Waals surface area contributed by atoms with Crippen LogP contribution in [0.5, 0.6) is 0 Å². The summed E-state index contributed by atoms with van der Waals surface area (Å²) in [6.07, 6.45) is 2.53. The van der Waals surface area contributed by atoms with Crippen molar-refractivity contribution in [3.63, 3.8) is 0 Å². The van der Waals surface area contributed by atoms with Crippen LogP contribution in [0.15, 0.2) is 24.3 Å². The van der Waals surface area contributed by atoms with Crippen molar-refractivity contribution in [1.29, 1.82) is 0 Å². The largest absolute Gasteiger partial charge is 0.372 e. The van der Waals surface area contributed by atoms with Crippen LogP contribution in [0.2, 0.25) is 0 Å². The minimum absolute atomic E-state index is 0.156. The summed E-state index contributed by atoms with van der Waals surface area (Å²) in [5.74, 6) is -0.156. The van der Waals surface area contributed by atoms with Gasteiger partial charge in [0.2, 0.25) is 5.91 Å². The molecule has 2 saturated heterocycles. The Hall–Kier alpha value is -2.24. The highest BCUT2D eigenvalue weighted by molar-refractivity contribution is 5.90. The molecule has 2 fully saturated rings. The average molecular weight is 288 g/mol. The number of hydrogen-bond donors (Lipinski definition) is 3. The number of rotatable bonds is 4. The molecule has 6 nitrogen and oxygen atoms in total. The van der Waals surface area contributed by atoms with Crippen LogP contribution in [-0.4, -0.2) is 37.6 Å². The maximum Gasteiger partial charge on any atom is 0.315 e. The Balaban J connectivity index is 1.51. The Bertz CT molecular complexity index is 523. The summed E-state index contributed by atoms with van der Waals surface area (Å²) < 4.78 is 0. The minimum Gasteiger partial charge on any atom is -0.372 e. The second-order valence-corrected chi connectivity index (χ2v) is 5.49. The van der Waals surface area contributed by atoms with Crippen molar-refractivity contribution < 1.29 is 9.59 Å². The molecule has 6 heteroatoms. The van der Waals surface area contributed by atoms with Gasteiger partial charge in [0.25, 0.3) is 0 Å². The number of carbonyl (C=O) groups is 2. The highest BCUT2D eigenvalue weighted by atomic mass is 16.2. The highest BCUT2D eigenvalue weighted by Crippen LogP contribution is 2.20. The SMILES string of the molecule is O=C1NC[C@H](C(=O)NCc2ccc(N3CCCC3)cc2)N1. The molecular formula is C15H20N4O2. The molecule has 21 heavy (non-hydrogen) atoms. The predicted octanol–water partition coefficient (Wildman–Crippen LogP) is 0.584. The lowest BCUT2D eigenvalue weighted by molar-refractivity contribution is -0.122. The first-order valence-electron chi connectivity index (χ1n) is 7.38. The second-order valence-electron chi connectivity index (χ2n) is 5.49. The van der Waals surface area contributed by atoms with E-state index in [-0.39, 0.29) is 11.9 Å². The molecule has 0 unspecified atom stereocenters. The minimum atomic E-state index is -0.471. The van der Waals surface area contributed by atoms with Gasteiger partial charge in [-0.05, 0) is 30.5 Å². The number of benzene rings is 1.